The zero-order valence-corrected chi connectivity index (χ0v) is 13.1. The van der Waals surface area contributed by atoms with E-state index in [0.717, 1.165) is 33.1 Å². The van der Waals surface area contributed by atoms with Crippen LogP contribution in [0.25, 0.3) is 0 Å². The molecule has 0 amide bonds. The molecule has 0 atom stereocenters. The van der Waals surface area contributed by atoms with Crippen molar-refractivity contribution >= 4 is 43.5 Å². The summed E-state index contributed by atoms with van der Waals surface area (Å²) in [6.07, 6.45) is 2.33. The van der Waals surface area contributed by atoms with Crippen LogP contribution in [0, 0.1) is 11.3 Å². The molecule has 0 N–H and O–H groups in total. The molecular weight excluding hydrogens is 369 g/mol. The molecule has 17 heavy (non-hydrogen) atoms. The second kappa shape index (κ2) is 7.97. The van der Waals surface area contributed by atoms with Gasteiger partial charge in [-0.25, -0.2) is 0 Å². The van der Waals surface area contributed by atoms with Crippen LogP contribution < -0.4 is 4.74 Å². The van der Waals surface area contributed by atoms with Crippen molar-refractivity contribution in [2.45, 2.75) is 25.1 Å². The van der Waals surface area contributed by atoms with Crippen LogP contribution in [0.15, 0.2) is 21.1 Å². The van der Waals surface area contributed by atoms with Gasteiger partial charge in [-0.05, 0) is 62.4 Å². The number of hydrogen-bond acceptors (Lipinski definition) is 2. The van der Waals surface area contributed by atoms with E-state index in [-0.39, 0.29) is 0 Å². The first-order valence-electron chi connectivity index (χ1n) is 5.22. The molecule has 92 valence electrons. The molecule has 0 radical (unpaired) electrons. The van der Waals surface area contributed by atoms with E-state index in [9.17, 15) is 0 Å². The van der Waals surface area contributed by atoms with Gasteiger partial charge in [-0.15, -0.1) is 11.6 Å². The Morgan fingerprint density at radius 1 is 1.24 bits per heavy atom. The van der Waals surface area contributed by atoms with E-state index in [4.69, 9.17) is 21.6 Å². The van der Waals surface area contributed by atoms with Crippen molar-refractivity contribution in [3.63, 3.8) is 0 Å². The van der Waals surface area contributed by atoms with E-state index < -0.39 is 0 Å². The molecule has 0 saturated heterocycles. The third kappa shape index (κ3) is 4.87. The number of ether oxygens (including phenoxy) is 1. The van der Waals surface area contributed by atoms with E-state index >= 15 is 0 Å². The number of alkyl halides is 1. The number of nitriles is 1. The Kier molecular flexibility index (Phi) is 6.94. The van der Waals surface area contributed by atoms with Crippen molar-refractivity contribution in [3.05, 3.63) is 26.6 Å². The minimum Gasteiger partial charge on any atom is -0.491 e. The van der Waals surface area contributed by atoms with Crippen LogP contribution >= 0.6 is 43.5 Å². The zero-order valence-electron chi connectivity index (χ0n) is 9.18. The third-order valence-corrected chi connectivity index (χ3v) is 3.63. The summed E-state index contributed by atoms with van der Waals surface area (Å²) in [5, 5.41) is 8.41. The lowest BCUT2D eigenvalue weighted by molar-refractivity contribution is 0.304. The second-order valence-electron chi connectivity index (χ2n) is 3.49. The van der Waals surface area contributed by atoms with Crippen molar-refractivity contribution in [3.8, 4) is 11.8 Å². The van der Waals surface area contributed by atoms with E-state index in [1.807, 2.05) is 12.1 Å². The summed E-state index contributed by atoms with van der Waals surface area (Å²) in [5.41, 5.74) is 1.03. The Bertz CT molecular complexity index is 394. The number of nitrogens with zero attached hydrogens (tertiary/aromatic N) is 1. The van der Waals surface area contributed by atoms with Gasteiger partial charge in [-0.1, -0.05) is 0 Å². The summed E-state index contributed by atoms with van der Waals surface area (Å²) < 4.78 is 7.45. The summed E-state index contributed by atoms with van der Waals surface area (Å²) in [5.74, 6) is 1.26. The first kappa shape index (κ1) is 14.8. The highest BCUT2D eigenvalue weighted by Crippen LogP contribution is 2.35. The average Bonchev–Trinajstić information content (AvgIpc) is 2.31. The monoisotopic (exact) mass is 379 g/mol. The molecule has 0 fully saturated rings. The molecule has 1 aromatic carbocycles. The van der Waals surface area contributed by atoms with Gasteiger partial charge < -0.3 is 4.74 Å². The lowest BCUT2D eigenvalue weighted by Gasteiger charge is -2.11. The minimum absolute atomic E-state index is 0.472. The topological polar surface area (TPSA) is 33.0 Å². The second-order valence-corrected chi connectivity index (χ2v) is 5.46. The van der Waals surface area contributed by atoms with Gasteiger partial charge in [0.2, 0.25) is 0 Å². The van der Waals surface area contributed by atoms with E-state index in [1.54, 1.807) is 0 Å². The van der Waals surface area contributed by atoms with Crippen molar-refractivity contribution < 1.29 is 4.74 Å². The molecule has 0 saturated carbocycles. The SMILES string of the molecule is N#CCCCCOc1c(Br)cc(CCl)cc1Br. The Hall–Kier alpha value is -0.240. The zero-order chi connectivity index (χ0) is 12.7. The molecule has 0 aliphatic heterocycles. The van der Waals surface area contributed by atoms with Crippen molar-refractivity contribution in [2.24, 2.45) is 0 Å². The quantitative estimate of drug-likeness (QED) is 0.512. The number of halogens is 3. The Labute approximate surface area is 123 Å². The maximum absolute atomic E-state index is 8.41. The lowest BCUT2D eigenvalue weighted by Crippen LogP contribution is -1.99. The standard InChI is InChI=1S/C12H12Br2ClNO/c13-10-6-9(8-15)7-11(14)12(10)17-5-3-1-2-4-16/h6-7H,1-3,5,8H2. The molecule has 0 unspecified atom stereocenters. The van der Waals surface area contributed by atoms with E-state index in [1.165, 1.54) is 0 Å². The van der Waals surface area contributed by atoms with E-state index in [2.05, 4.69) is 37.9 Å². The smallest absolute Gasteiger partial charge is 0.147 e. The molecule has 0 spiro atoms. The van der Waals surface area contributed by atoms with Crippen LogP contribution in [0.4, 0.5) is 0 Å². The van der Waals surface area contributed by atoms with Crippen molar-refractivity contribution in [1.82, 2.24) is 0 Å². The maximum Gasteiger partial charge on any atom is 0.147 e. The normalized spacial score (nSPS) is 10.0. The Balaban J connectivity index is 2.56. The highest BCUT2D eigenvalue weighted by molar-refractivity contribution is 9.11. The predicted octanol–water partition coefficient (Wildman–Crippen LogP) is 5.02. The van der Waals surface area contributed by atoms with E-state index in [0.29, 0.717) is 18.9 Å². The fourth-order valence-corrected chi connectivity index (χ4v) is 2.97. The summed E-state index contributed by atoms with van der Waals surface area (Å²) in [4.78, 5) is 0. The van der Waals surface area contributed by atoms with Crippen LogP contribution in [0.5, 0.6) is 5.75 Å². The summed E-state index contributed by atoms with van der Waals surface area (Å²) >= 11 is 12.7. The third-order valence-electron chi connectivity index (χ3n) is 2.14. The number of unbranched alkanes of at least 4 members (excludes halogenated alkanes) is 2. The first-order chi connectivity index (χ1) is 8.19. The molecule has 0 heterocycles. The van der Waals surface area contributed by atoms with Crippen LogP contribution in [0.2, 0.25) is 0 Å². The molecule has 0 aliphatic carbocycles. The van der Waals surface area contributed by atoms with Crippen LogP contribution in [0.3, 0.4) is 0 Å². The number of hydrogen-bond donors (Lipinski definition) is 0. The minimum atomic E-state index is 0.472. The maximum atomic E-state index is 8.41. The van der Waals surface area contributed by atoms with Crippen molar-refractivity contribution in [2.75, 3.05) is 6.61 Å². The van der Waals surface area contributed by atoms with Gasteiger partial charge in [0, 0.05) is 12.3 Å². The number of benzene rings is 1. The summed E-state index contributed by atoms with van der Waals surface area (Å²) in [6, 6.07) is 6.01. The van der Waals surface area contributed by atoms with Gasteiger partial charge in [-0.3, -0.25) is 0 Å². The Morgan fingerprint density at radius 3 is 2.41 bits per heavy atom. The fourth-order valence-electron chi connectivity index (χ4n) is 1.31. The average molecular weight is 381 g/mol. The van der Waals surface area contributed by atoms with Gasteiger partial charge in [-0.2, -0.15) is 5.26 Å². The molecule has 1 rings (SSSR count). The van der Waals surface area contributed by atoms with Gasteiger partial charge in [0.25, 0.3) is 0 Å². The lowest BCUT2D eigenvalue weighted by atomic mass is 10.2. The number of rotatable bonds is 6. The Morgan fingerprint density at radius 2 is 1.88 bits per heavy atom. The molecular formula is C12H12Br2ClNO. The molecule has 0 aromatic heterocycles. The molecule has 1 aromatic rings. The molecule has 0 bridgehead atoms. The van der Waals surface area contributed by atoms with Gasteiger partial charge >= 0.3 is 0 Å². The van der Waals surface area contributed by atoms with Crippen LogP contribution in [-0.4, -0.2) is 6.61 Å². The van der Waals surface area contributed by atoms with Gasteiger partial charge in [0.05, 0.1) is 21.6 Å². The van der Waals surface area contributed by atoms with Crippen LogP contribution in [0.1, 0.15) is 24.8 Å². The summed E-state index contributed by atoms with van der Waals surface area (Å²) in [6.45, 7) is 0.610. The molecule has 2 nitrogen and oxygen atoms in total. The van der Waals surface area contributed by atoms with Crippen LogP contribution in [-0.2, 0) is 5.88 Å². The first-order valence-corrected chi connectivity index (χ1v) is 7.34. The molecule has 0 aliphatic rings. The van der Waals surface area contributed by atoms with Crippen molar-refractivity contribution in [1.29, 1.82) is 5.26 Å². The predicted molar refractivity (Wildman–Crippen MR) is 76.4 cm³/mol. The highest BCUT2D eigenvalue weighted by atomic mass is 79.9. The largest absolute Gasteiger partial charge is 0.491 e. The summed E-state index contributed by atoms with van der Waals surface area (Å²) in [7, 11) is 0. The fraction of sp³-hybridized carbons (Fsp3) is 0.417. The highest BCUT2D eigenvalue weighted by Gasteiger charge is 2.08. The van der Waals surface area contributed by atoms with Gasteiger partial charge in [0.15, 0.2) is 0 Å². The molecule has 5 heteroatoms. The van der Waals surface area contributed by atoms with Gasteiger partial charge in [0.1, 0.15) is 5.75 Å².